The molecule has 5 nitrogen and oxygen atoms in total. The molecule has 0 bridgehead atoms. The summed E-state index contributed by atoms with van der Waals surface area (Å²) in [7, 11) is 1.95. The zero-order valence-electron chi connectivity index (χ0n) is 11.3. The van der Waals surface area contributed by atoms with Crippen LogP contribution >= 0.6 is 0 Å². The number of nitrogens with two attached hydrogens (primary N) is 1. The van der Waals surface area contributed by atoms with Gasteiger partial charge in [-0.15, -0.1) is 0 Å². The Bertz CT molecular complexity index is 599. The standard InChI is InChI=1S/C15H17N3O2/c1-17(10-9-12-5-3-2-4-6-12)13-7-8-15(18(19)20)14(16)11-13/h2-8,11H,9-10,16H2,1H3. The maximum atomic E-state index is 10.7. The van der Waals surface area contributed by atoms with E-state index in [2.05, 4.69) is 12.1 Å². The second-order valence-electron chi connectivity index (χ2n) is 4.66. The smallest absolute Gasteiger partial charge is 0.292 e. The van der Waals surface area contributed by atoms with Crippen LogP contribution in [0.25, 0.3) is 0 Å². The second kappa shape index (κ2) is 6.06. The molecule has 5 heteroatoms. The number of likely N-dealkylation sites (N-methyl/N-ethyl adjacent to an activating group) is 1. The summed E-state index contributed by atoms with van der Waals surface area (Å²) in [5.41, 5.74) is 7.98. The highest BCUT2D eigenvalue weighted by molar-refractivity contribution is 5.66. The fraction of sp³-hybridized carbons (Fsp3) is 0.200. The molecule has 0 aromatic heterocycles. The van der Waals surface area contributed by atoms with E-state index in [0.717, 1.165) is 18.7 Å². The first-order valence-corrected chi connectivity index (χ1v) is 6.37. The molecule has 2 N–H and O–H groups in total. The highest BCUT2D eigenvalue weighted by Gasteiger charge is 2.12. The number of nitrogen functional groups attached to an aromatic ring is 1. The van der Waals surface area contributed by atoms with Gasteiger partial charge in [-0.2, -0.15) is 0 Å². The summed E-state index contributed by atoms with van der Waals surface area (Å²) in [6.45, 7) is 0.821. The van der Waals surface area contributed by atoms with Gasteiger partial charge in [0.05, 0.1) is 4.92 Å². The largest absolute Gasteiger partial charge is 0.393 e. The molecule has 0 radical (unpaired) electrons. The monoisotopic (exact) mass is 271 g/mol. The molecule has 0 heterocycles. The third kappa shape index (κ3) is 3.26. The fourth-order valence-corrected chi connectivity index (χ4v) is 2.02. The number of benzene rings is 2. The Morgan fingerprint density at radius 3 is 2.50 bits per heavy atom. The van der Waals surface area contributed by atoms with Gasteiger partial charge in [-0.1, -0.05) is 30.3 Å². The van der Waals surface area contributed by atoms with Crippen LogP contribution in [-0.2, 0) is 6.42 Å². The quantitative estimate of drug-likeness (QED) is 0.515. The normalized spacial score (nSPS) is 10.2. The molecule has 0 amide bonds. The molecule has 104 valence electrons. The lowest BCUT2D eigenvalue weighted by molar-refractivity contribution is -0.383. The van der Waals surface area contributed by atoms with Crippen LogP contribution in [0.5, 0.6) is 0 Å². The van der Waals surface area contributed by atoms with Crippen molar-refractivity contribution in [1.29, 1.82) is 0 Å². The molecular formula is C15H17N3O2. The molecule has 0 atom stereocenters. The lowest BCUT2D eigenvalue weighted by atomic mass is 10.1. The molecule has 0 fully saturated rings. The number of nitro benzene ring substituents is 1. The minimum atomic E-state index is -0.469. The Morgan fingerprint density at radius 1 is 1.20 bits per heavy atom. The Kier molecular flexibility index (Phi) is 4.20. The van der Waals surface area contributed by atoms with E-state index in [-0.39, 0.29) is 11.4 Å². The fourth-order valence-electron chi connectivity index (χ4n) is 2.02. The highest BCUT2D eigenvalue weighted by Crippen LogP contribution is 2.26. The van der Waals surface area contributed by atoms with Gasteiger partial charge in [0.1, 0.15) is 5.69 Å². The van der Waals surface area contributed by atoms with Crippen molar-refractivity contribution in [2.45, 2.75) is 6.42 Å². The number of anilines is 2. The topological polar surface area (TPSA) is 72.4 Å². The zero-order chi connectivity index (χ0) is 14.5. The lowest BCUT2D eigenvalue weighted by Gasteiger charge is -2.19. The van der Waals surface area contributed by atoms with Crippen molar-refractivity contribution in [2.75, 3.05) is 24.2 Å². The summed E-state index contributed by atoms with van der Waals surface area (Å²) in [4.78, 5) is 12.3. The summed E-state index contributed by atoms with van der Waals surface area (Å²) in [5.74, 6) is 0. The minimum Gasteiger partial charge on any atom is -0.393 e. The van der Waals surface area contributed by atoms with Crippen molar-refractivity contribution in [3.63, 3.8) is 0 Å². The third-order valence-corrected chi connectivity index (χ3v) is 3.23. The van der Waals surface area contributed by atoms with Crippen LogP contribution in [0.3, 0.4) is 0 Å². The van der Waals surface area contributed by atoms with Gasteiger partial charge in [0.25, 0.3) is 5.69 Å². The van der Waals surface area contributed by atoms with E-state index < -0.39 is 4.92 Å². The first-order chi connectivity index (χ1) is 9.58. The maximum absolute atomic E-state index is 10.7. The molecule has 0 saturated carbocycles. The molecule has 0 aliphatic rings. The predicted molar refractivity (Wildman–Crippen MR) is 80.9 cm³/mol. The molecular weight excluding hydrogens is 254 g/mol. The minimum absolute atomic E-state index is 0.0507. The van der Waals surface area contributed by atoms with Gasteiger partial charge < -0.3 is 10.6 Å². The summed E-state index contributed by atoms with van der Waals surface area (Å²) in [5, 5.41) is 10.7. The summed E-state index contributed by atoms with van der Waals surface area (Å²) in [6.07, 6.45) is 0.911. The van der Waals surface area contributed by atoms with E-state index in [1.165, 1.54) is 11.6 Å². The van der Waals surface area contributed by atoms with Crippen LogP contribution in [-0.4, -0.2) is 18.5 Å². The van der Waals surface area contributed by atoms with Gasteiger partial charge in [0, 0.05) is 25.3 Å². The molecule has 2 aromatic carbocycles. The Morgan fingerprint density at radius 2 is 1.90 bits per heavy atom. The summed E-state index contributed by atoms with van der Waals surface area (Å²) in [6, 6.07) is 15.0. The molecule has 2 aromatic rings. The van der Waals surface area contributed by atoms with Crippen LogP contribution in [0.4, 0.5) is 17.1 Å². The van der Waals surface area contributed by atoms with E-state index in [0.29, 0.717) is 0 Å². The van der Waals surface area contributed by atoms with Gasteiger partial charge >= 0.3 is 0 Å². The third-order valence-electron chi connectivity index (χ3n) is 3.23. The van der Waals surface area contributed by atoms with Crippen LogP contribution in [0, 0.1) is 10.1 Å². The maximum Gasteiger partial charge on any atom is 0.292 e. The number of rotatable bonds is 5. The highest BCUT2D eigenvalue weighted by atomic mass is 16.6. The molecule has 2 rings (SSSR count). The van der Waals surface area contributed by atoms with Gasteiger partial charge in [-0.25, -0.2) is 0 Å². The van der Waals surface area contributed by atoms with E-state index in [1.54, 1.807) is 12.1 Å². The van der Waals surface area contributed by atoms with E-state index in [4.69, 9.17) is 5.73 Å². The molecule has 0 aliphatic heterocycles. The first-order valence-electron chi connectivity index (χ1n) is 6.37. The summed E-state index contributed by atoms with van der Waals surface area (Å²) >= 11 is 0. The van der Waals surface area contributed by atoms with Crippen molar-refractivity contribution >= 4 is 17.1 Å². The van der Waals surface area contributed by atoms with Crippen LogP contribution in [0.2, 0.25) is 0 Å². The average Bonchev–Trinajstić information content (AvgIpc) is 2.45. The van der Waals surface area contributed by atoms with E-state index >= 15 is 0 Å². The van der Waals surface area contributed by atoms with E-state index in [9.17, 15) is 10.1 Å². The first kappa shape index (κ1) is 13.9. The zero-order valence-corrected chi connectivity index (χ0v) is 11.3. The number of nitro groups is 1. The van der Waals surface area contributed by atoms with Crippen LogP contribution in [0.15, 0.2) is 48.5 Å². The van der Waals surface area contributed by atoms with Crippen LogP contribution in [0.1, 0.15) is 5.56 Å². The van der Waals surface area contributed by atoms with Crippen molar-refractivity contribution in [3.8, 4) is 0 Å². The number of hydrogen-bond donors (Lipinski definition) is 1. The predicted octanol–water partition coefficient (Wildman–Crippen LogP) is 2.86. The van der Waals surface area contributed by atoms with Gasteiger partial charge in [-0.3, -0.25) is 10.1 Å². The lowest BCUT2D eigenvalue weighted by Crippen LogP contribution is -2.20. The molecule has 0 saturated heterocycles. The number of nitrogens with zero attached hydrogens (tertiary/aromatic N) is 2. The van der Waals surface area contributed by atoms with Crippen LogP contribution < -0.4 is 10.6 Å². The van der Waals surface area contributed by atoms with Gasteiger partial charge in [0.2, 0.25) is 0 Å². The Labute approximate surface area is 117 Å². The summed E-state index contributed by atoms with van der Waals surface area (Å²) < 4.78 is 0. The van der Waals surface area contributed by atoms with Crippen molar-refractivity contribution in [3.05, 3.63) is 64.2 Å². The van der Waals surface area contributed by atoms with E-state index in [1.807, 2.05) is 30.1 Å². The molecule has 0 unspecified atom stereocenters. The van der Waals surface area contributed by atoms with Crippen molar-refractivity contribution in [2.24, 2.45) is 0 Å². The van der Waals surface area contributed by atoms with Crippen molar-refractivity contribution in [1.82, 2.24) is 0 Å². The Balaban J connectivity index is 2.04. The Hall–Kier alpha value is -2.56. The van der Waals surface area contributed by atoms with Crippen molar-refractivity contribution < 1.29 is 4.92 Å². The molecule has 20 heavy (non-hydrogen) atoms. The number of hydrogen-bond acceptors (Lipinski definition) is 4. The van der Waals surface area contributed by atoms with Gasteiger partial charge in [0.15, 0.2) is 0 Å². The SMILES string of the molecule is CN(CCc1ccccc1)c1ccc([N+](=O)[O-])c(N)c1. The molecule has 0 spiro atoms. The average molecular weight is 271 g/mol. The molecule has 0 aliphatic carbocycles. The second-order valence-corrected chi connectivity index (χ2v) is 4.66. The van der Waals surface area contributed by atoms with Gasteiger partial charge in [-0.05, 0) is 24.1 Å².